The Hall–Kier alpha value is -3.03. The summed E-state index contributed by atoms with van der Waals surface area (Å²) in [6.45, 7) is 4.21. The first-order chi connectivity index (χ1) is 15.3. The van der Waals surface area contributed by atoms with Crippen LogP contribution >= 0.6 is 0 Å². The van der Waals surface area contributed by atoms with Crippen molar-refractivity contribution in [3.8, 4) is 17.1 Å². The summed E-state index contributed by atoms with van der Waals surface area (Å²) in [5.41, 5.74) is 4.56. The summed E-state index contributed by atoms with van der Waals surface area (Å²) in [5, 5.41) is 3.52. The summed E-state index contributed by atoms with van der Waals surface area (Å²) >= 11 is 0. The minimum Gasteiger partial charge on any atom is -0.497 e. The van der Waals surface area contributed by atoms with Gasteiger partial charge in [-0.3, -0.25) is 9.88 Å². The molecule has 0 spiro atoms. The van der Waals surface area contributed by atoms with E-state index in [0.29, 0.717) is 0 Å². The first-order valence-corrected chi connectivity index (χ1v) is 10.6. The normalized spacial score (nSPS) is 13.6. The van der Waals surface area contributed by atoms with Crippen LogP contribution in [0.25, 0.3) is 11.4 Å². The van der Waals surface area contributed by atoms with Gasteiger partial charge in [-0.2, -0.15) is 0 Å². The molecule has 2 aromatic heterocycles. The van der Waals surface area contributed by atoms with E-state index in [2.05, 4.69) is 27.3 Å². The van der Waals surface area contributed by atoms with E-state index in [1.165, 1.54) is 11.1 Å². The van der Waals surface area contributed by atoms with Gasteiger partial charge in [0, 0.05) is 63.4 Å². The lowest BCUT2D eigenvalue weighted by Gasteiger charge is -2.29. The number of nitrogens with one attached hydrogen (secondary N) is 1. The molecule has 0 saturated carbocycles. The monoisotopic (exact) mass is 419 g/mol. The van der Waals surface area contributed by atoms with E-state index in [1.807, 2.05) is 24.3 Å². The van der Waals surface area contributed by atoms with Gasteiger partial charge in [0.25, 0.3) is 0 Å². The second kappa shape index (κ2) is 10.3. The molecule has 0 fully saturated rings. The van der Waals surface area contributed by atoms with Crippen molar-refractivity contribution in [2.45, 2.75) is 25.9 Å². The lowest BCUT2D eigenvalue weighted by atomic mass is 10.0. The van der Waals surface area contributed by atoms with Crippen LogP contribution in [0.5, 0.6) is 5.75 Å². The maximum absolute atomic E-state index is 5.27. The lowest BCUT2D eigenvalue weighted by Crippen LogP contribution is -2.32. The number of ether oxygens (including phenoxy) is 2. The van der Waals surface area contributed by atoms with Gasteiger partial charge in [-0.1, -0.05) is 12.1 Å². The van der Waals surface area contributed by atoms with Crippen LogP contribution in [0.1, 0.15) is 23.2 Å². The molecule has 4 rings (SSSR count). The van der Waals surface area contributed by atoms with E-state index in [0.717, 1.165) is 74.3 Å². The number of benzene rings is 1. The average molecular weight is 420 g/mol. The number of hydrogen-bond acceptors (Lipinski definition) is 7. The predicted molar refractivity (Wildman–Crippen MR) is 121 cm³/mol. The molecule has 7 heteroatoms. The molecule has 1 aliphatic rings. The number of rotatable bonds is 9. The molecule has 0 saturated heterocycles. The first kappa shape index (κ1) is 21.2. The third-order valence-electron chi connectivity index (χ3n) is 5.47. The van der Waals surface area contributed by atoms with Crippen molar-refractivity contribution < 1.29 is 9.47 Å². The van der Waals surface area contributed by atoms with Crippen LogP contribution in [-0.4, -0.2) is 53.8 Å². The van der Waals surface area contributed by atoms with Crippen molar-refractivity contribution in [2.24, 2.45) is 0 Å². The standard InChI is InChI=1S/C24H29N5O2/c1-30-15-3-11-26-24-21-10-14-29(16-18-4-6-20(31-2)7-5-18)17-22(21)27-23(28-24)19-8-12-25-13-9-19/h4-9,12-13H,3,10-11,14-17H2,1-2H3,(H,26,27,28). The molecule has 0 atom stereocenters. The van der Waals surface area contributed by atoms with Crippen LogP contribution < -0.4 is 10.1 Å². The summed E-state index contributed by atoms with van der Waals surface area (Å²) in [6.07, 6.45) is 5.41. The van der Waals surface area contributed by atoms with Crippen LogP contribution in [0.4, 0.5) is 5.82 Å². The van der Waals surface area contributed by atoms with Gasteiger partial charge >= 0.3 is 0 Å². The van der Waals surface area contributed by atoms with Gasteiger partial charge in [-0.05, 0) is 42.7 Å². The molecule has 0 unspecified atom stereocenters. The summed E-state index contributed by atoms with van der Waals surface area (Å²) < 4.78 is 10.4. The predicted octanol–water partition coefficient (Wildman–Crippen LogP) is 3.55. The van der Waals surface area contributed by atoms with Gasteiger partial charge < -0.3 is 14.8 Å². The summed E-state index contributed by atoms with van der Waals surface area (Å²) in [6, 6.07) is 12.2. The second-order valence-corrected chi connectivity index (χ2v) is 7.64. The first-order valence-electron chi connectivity index (χ1n) is 10.6. The molecule has 3 aromatic rings. The Morgan fingerprint density at radius 2 is 1.84 bits per heavy atom. The van der Waals surface area contributed by atoms with E-state index in [1.54, 1.807) is 26.6 Å². The number of fused-ring (bicyclic) bond motifs is 1. The Labute approximate surface area is 183 Å². The molecule has 3 heterocycles. The molecule has 0 amide bonds. The second-order valence-electron chi connectivity index (χ2n) is 7.64. The zero-order chi connectivity index (χ0) is 21.5. The van der Waals surface area contributed by atoms with Gasteiger partial charge in [0.15, 0.2) is 5.82 Å². The van der Waals surface area contributed by atoms with Crippen molar-refractivity contribution in [1.29, 1.82) is 0 Å². The zero-order valence-electron chi connectivity index (χ0n) is 18.2. The molecule has 0 radical (unpaired) electrons. The fourth-order valence-electron chi connectivity index (χ4n) is 3.81. The van der Waals surface area contributed by atoms with Gasteiger partial charge in [0.2, 0.25) is 0 Å². The largest absolute Gasteiger partial charge is 0.497 e. The fourth-order valence-corrected chi connectivity index (χ4v) is 3.81. The van der Waals surface area contributed by atoms with E-state index in [4.69, 9.17) is 19.4 Å². The quantitative estimate of drug-likeness (QED) is 0.532. The minimum atomic E-state index is 0.729. The molecule has 1 aliphatic heterocycles. The van der Waals surface area contributed by atoms with Crippen molar-refractivity contribution >= 4 is 5.82 Å². The highest BCUT2D eigenvalue weighted by Crippen LogP contribution is 2.28. The molecule has 0 bridgehead atoms. The van der Waals surface area contributed by atoms with Crippen molar-refractivity contribution in [3.63, 3.8) is 0 Å². The lowest BCUT2D eigenvalue weighted by molar-refractivity contribution is 0.197. The van der Waals surface area contributed by atoms with Gasteiger partial charge in [0.05, 0.1) is 12.8 Å². The van der Waals surface area contributed by atoms with E-state index in [-0.39, 0.29) is 0 Å². The van der Waals surface area contributed by atoms with Crippen LogP contribution in [0.2, 0.25) is 0 Å². The van der Waals surface area contributed by atoms with Crippen LogP contribution in [0, 0.1) is 0 Å². The minimum absolute atomic E-state index is 0.729. The third kappa shape index (κ3) is 5.37. The zero-order valence-corrected chi connectivity index (χ0v) is 18.2. The maximum Gasteiger partial charge on any atom is 0.161 e. The number of pyridine rings is 1. The molecule has 1 aromatic carbocycles. The highest BCUT2D eigenvalue weighted by atomic mass is 16.5. The Balaban J connectivity index is 1.56. The number of nitrogens with zero attached hydrogens (tertiary/aromatic N) is 4. The van der Waals surface area contributed by atoms with E-state index >= 15 is 0 Å². The Bertz CT molecular complexity index is 979. The number of hydrogen-bond donors (Lipinski definition) is 1. The number of anilines is 1. The average Bonchev–Trinajstić information content (AvgIpc) is 2.82. The summed E-state index contributed by atoms with van der Waals surface area (Å²) in [5.74, 6) is 2.56. The third-order valence-corrected chi connectivity index (χ3v) is 5.47. The van der Waals surface area contributed by atoms with Crippen LogP contribution in [0.15, 0.2) is 48.8 Å². The van der Waals surface area contributed by atoms with Gasteiger partial charge in [0.1, 0.15) is 11.6 Å². The van der Waals surface area contributed by atoms with E-state index in [9.17, 15) is 0 Å². The highest BCUT2D eigenvalue weighted by Gasteiger charge is 2.23. The molecule has 0 aliphatic carbocycles. The van der Waals surface area contributed by atoms with Crippen molar-refractivity contribution in [1.82, 2.24) is 19.9 Å². The fraction of sp³-hybridized carbons (Fsp3) is 0.375. The number of methoxy groups -OCH3 is 2. The Kier molecular flexibility index (Phi) is 7.07. The SMILES string of the molecule is COCCCNc1nc(-c2ccncc2)nc2c1CCN(Cc1ccc(OC)cc1)C2. The van der Waals surface area contributed by atoms with Crippen LogP contribution in [0.3, 0.4) is 0 Å². The van der Waals surface area contributed by atoms with Gasteiger partial charge in [-0.25, -0.2) is 9.97 Å². The molecular formula is C24H29N5O2. The van der Waals surface area contributed by atoms with Crippen molar-refractivity contribution in [3.05, 3.63) is 65.6 Å². The Morgan fingerprint density at radius 1 is 1.03 bits per heavy atom. The molecule has 31 heavy (non-hydrogen) atoms. The molecule has 162 valence electrons. The highest BCUT2D eigenvalue weighted by molar-refractivity contribution is 5.59. The smallest absolute Gasteiger partial charge is 0.161 e. The summed E-state index contributed by atoms with van der Waals surface area (Å²) in [4.78, 5) is 16.4. The van der Waals surface area contributed by atoms with Crippen LogP contribution in [-0.2, 0) is 24.2 Å². The molecule has 7 nitrogen and oxygen atoms in total. The Morgan fingerprint density at radius 3 is 2.58 bits per heavy atom. The van der Waals surface area contributed by atoms with E-state index < -0.39 is 0 Å². The molecular weight excluding hydrogens is 390 g/mol. The maximum atomic E-state index is 5.27. The van der Waals surface area contributed by atoms with Gasteiger partial charge in [-0.15, -0.1) is 0 Å². The molecule has 1 N–H and O–H groups in total. The summed E-state index contributed by atoms with van der Waals surface area (Å²) in [7, 11) is 3.42. The topological polar surface area (TPSA) is 72.4 Å². The number of aromatic nitrogens is 3. The van der Waals surface area contributed by atoms with Crippen molar-refractivity contribution in [2.75, 3.05) is 39.2 Å².